The van der Waals surface area contributed by atoms with E-state index < -0.39 is 0 Å². The van der Waals surface area contributed by atoms with Crippen LogP contribution in [0.5, 0.6) is 0 Å². The summed E-state index contributed by atoms with van der Waals surface area (Å²) in [5.41, 5.74) is 14.4. The quantitative estimate of drug-likeness (QED) is 0.158. The third-order valence-electron chi connectivity index (χ3n) is 10.8. The maximum atomic E-state index is 5.17. The fourth-order valence-electron chi connectivity index (χ4n) is 7.78. The molecule has 0 unspecified atom stereocenters. The Morgan fingerprint density at radius 1 is 0.293 bits per heavy atom. The fourth-order valence-corrected chi connectivity index (χ4v) is 7.78. The van der Waals surface area contributed by atoms with Gasteiger partial charge in [0.25, 0.3) is 0 Å². The van der Waals surface area contributed by atoms with Crippen molar-refractivity contribution in [3.8, 4) is 67.5 Å². The minimum Gasteiger partial charge on any atom is -0.254 e. The third kappa shape index (κ3) is 6.10. The monoisotopic (exact) mass is 740 g/mol. The highest BCUT2D eigenvalue weighted by molar-refractivity contribution is 6.08. The summed E-state index contributed by atoms with van der Waals surface area (Å²) in [6, 6.07) is 62.6. The van der Waals surface area contributed by atoms with Crippen LogP contribution in [0.2, 0.25) is 0 Å². The summed E-state index contributed by atoms with van der Waals surface area (Å²) in [5, 5.41) is 4.31. The first-order valence-corrected chi connectivity index (χ1v) is 19.3. The maximum Gasteiger partial charge on any atom is 0.160 e. The lowest BCUT2D eigenvalue weighted by atomic mass is 9.97. The first kappa shape index (κ1) is 33.4. The fraction of sp³-hybridized carbons (Fsp3) is 0. The van der Waals surface area contributed by atoms with E-state index in [4.69, 9.17) is 24.9 Å². The van der Waals surface area contributed by atoms with E-state index in [0.29, 0.717) is 5.82 Å². The largest absolute Gasteiger partial charge is 0.254 e. The zero-order valence-corrected chi connectivity index (χ0v) is 31.2. The minimum absolute atomic E-state index is 0.664. The number of rotatable bonds is 6. The van der Waals surface area contributed by atoms with Gasteiger partial charge in [0.15, 0.2) is 5.82 Å². The highest BCUT2D eigenvalue weighted by atomic mass is 14.9. The minimum atomic E-state index is 0.664. The number of hydrogen-bond donors (Lipinski definition) is 0. The van der Waals surface area contributed by atoms with Gasteiger partial charge in [-0.05, 0) is 64.7 Å². The molecule has 0 saturated heterocycles. The summed E-state index contributed by atoms with van der Waals surface area (Å²) in [6.07, 6.45) is 3.70. The van der Waals surface area contributed by atoms with E-state index in [0.717, 1.165) is 105 Å². The van der Waals surface area contributed by atoms with Crippen molar-refractivity contribution in [2.24, 2.45) is 0 Å². The Bertz CT molecular complexity index is 3270. The molecule has 11 aromatic rings. The van der Waals surface area contributed by atoms with Crippen LogP contribution in [0.4, 0.5) is 0 Å². The molecule has 0 bridgehead atoms. The number of aromatic nitrogens is 6. The Morgan fingerprint density at radius 3 is 1.69 bits per heavy atom. The van der Waals surface area contributed by atoms with Crippen molar-refractivity contribution in [1.29, 1.82) is 0 Å². The lowest BCUT2D eigenvalue weighted by Gasteiger charge is -2.11. The van der Waals surface area contributed by atoms with Crippen molar-refractivity contribution in [3.63, 3.8) is 0 Å². The van der Waals surface area contributed by atoms with Crippen LogP contribution in [0.15, 0.2) is 194 Å². The average Bonchev–Trinajstić information content (AvgIpc) is 3.31. The molecule has 0 saturated carbocycles. The van der Waals surface area contributed by atoms with Gasteiger partial charge >= 0.3 is 0 Å². The summed E-state index contributed by atoms with van der Waals surface area (Å²) in [7, 11) is 0. The van der Waals surface area contributed by atoms with Gasteiger partial charge in [-0.3, -0.25) is 9.97 Å². The van der Waals surface area contributed by atoms with Gasteiger partial charge in [-0.25, -0.2) is 19.9 Å². The molecule has 5 heterocycles. The van der Waals surface area contributed by atoms with Gasteiger partial charge in [0.05, 0.1) is 44.8 Å². The summed E-state index contributed by atoms with van der Waals surface area (Å²) in [6.45, 7) is 0. The van der Waals surface area contributed by atoms with Crippen LogP contribution < -0.4 is 0 Å². The van der Waals surface area contributed by atoms with Crippen LogP contribution in [0.3, 0.4) is 0 Å². The van der Waals surface area contributed by atoms with E-state index in [2.05, 4.69) is 120 Å². The van der Waals surface area contributed by atoms with E-state index in [-0.39, 0.29) is 0 Å². The molecule has 11 rings (SSSR count). The summed E-state index contributed by atoms with van der Waals surface area (Å²) in [5.74, 6) is 0.664. The van der Waals surface area contributed by atoms with Crippen LogP contribution in [-0.4, -0.2) is 29.9 Å². The second kappa shape index (κ2) is 14.0. The second-order valence-electron chi connectivity index (χ2n) is 14.4. The predicted molar refractivity (Wildman–Crippen MR) is 236 cm³/mol. The highest BCUT2D eigenvalue weighted by Crippen LogP contribution is 2.34. The van der Waals surface area contributed by atoms with Gasteiger partial charge in [-0.2, -0.15) is 0 Å². The van der Waals surface area contributed by atoms with Crippen LogP contribution >= 0.6 is 0 Å². The molecule has 270 valence electrons. The van der Waals surface area contributed by atoms with Gasteiger partial charge < -0.3 is 0 Å². The molecule has 0 aliphatic rings. The molecule has 0 radical (unpaired) electrons. The second-order valence-corrected chi connectivity index (χ2v) is 14.4. The van der Waals surface area contributed by atoms with E-state index in [1.54, 1.807) is 0 Å². The molecular weight excluding hydrogens is 709 g/mol. The van der Waals surface area contributed by atoms with E-state index >= 15 is 0 Å². The predicted octanol–water partition coefficient (Wildman–Crippen LogP) is 12.7. The van der Waals surface area contributed by atoms with E-state index in [1.165, 1.54) is 0 Å². The first-order valence-electron chi connectivity index (χ1n) is 19.3. The van der Waals surface area contributed by atoms with Crippen molar-refractivity contribution < 1.29 is 0 Å². The molecule has 5 aromatic heterocycles. The van der Waals surface area contributed by atoms with E-state index in [9.17, 15) is 0 Å². The third-order valence-corrected chi connectivity index (χ3v) is 10.8. The topological polar surface area (TPSA) is 77.3 Å². The van der Waals surface area contributed by atoms with Crippen molar-refractivity contribution in [2.75, 3.05) is 0 Å². The Morgan fingerprint density at radius 2 is 0.897 bits per heavy atom. The summed E-state index contributed by atoms with van der Waals surface area (Å²) < 4.78 is 0. The van der Waals surface area contributed by atoms with Gasteiger partial charge in [0.2, 0.25) is 0 Å². The molecular formula is C52H32N6. The maximum absolute atomic E-state index is 5.17. The van der Waals surface area contributed by atoms with Crippen LogP contribution in [0.25, 0.3) is 111 Å². The number of pyridine rings is 4. The Hall–Kier alpha value is -7.96. The van der Waals surface area contributed by atoms with Crippen molar-refractivity contribution in [1.82, 2.24) is 29.9 Å². The standard InChI is InChI=1S/C52H32N6/c1-3-8-35(9-4-1)48-32-49(58-52(57-48)39-10-5-2-6-11-39)45-26-23-37-18-20-41(31-47(37)56-45)44-25-22-36-17-19-40(30-46(36)55-44)33-13-15-34(16-14-33)42-27-29-54-51-43(42)24-21-38-12-7-28-53-50(38)51/h1-32H. The number of fused-ring (bicyclic) bond motifs is 5. The molecule has 58 heavy (non-hydrogen) atoms. The lowest BCUT2D eigenvalue weighted by Crippen LogP contribution is -1.97. The van der Waals surface area contributed by atoms with Crippen LogP contribution in [0, 0.1) is 0 Å². The molecule has 6 aromatic carbocycles. The summed E-state index contributed by atoms with van der Waals surface area (Å²) >= 11 is 0. The van der Waals surface area contributed by atoms with Crippen LogP contribution in [-0.2, 0) is 0 Å². The van der Waals surface area contributed by atoms with Gasteiger partial charge in [-0.1, -0.05) is 140 Å². The normalized spacial score (nSPS) is 11.4. The lowest BCUT2D eigenvalue weighted by molar-refractivity contribution is 1.17. The zero-order valence-electron chi connectivity index (χ0n) is 31.2. The number of hydrogen-bond acceptors (Lipinski definition) is 6. The SMILES string of the molecule is c1ccc(-c2cc(-c3ccc4ccc(-c5ccc6ccc(-c7ccc(-c8ccnc9c8ccc8cccnc89)cc7)cc6n5)cc4n3)nc(-c3ccccc3)n2)cc1. The molecule has 6 nitrogen and oxygen atoms in total. The number of nitrogens with zero attached hydrogens (tertiary/aromatic N) is 6. The van der Waals surface area contributed by atoms with Crippen molar-refractivity contribution >= 4 is 43.6 Å². The van der Waals surface area contributed by atoms with Gasteiger partial charge in [0.1, 0.15) is 0 Å². The molecule has 0 aliphatic heterocycles. The molecule has 6 heteroatoms. The average molecular weight is 741 g/mol. The van der Waals surface area contributed by atoms with E-state index in [1.807, 2.05) is 79.1 Å². The Kier molecular flexibility index (Phi) is 8.04. The van der Waals surface area contributed by atoms with Gasteiger partial charge in [-0.15, -0.1) is 0 Å². The van der Waals surface area contributed by atoms with Gasteiger partial charge in [0, 0.05) is 50.6 Å². The van der Waals surface area contributed by atoms with Crippen LogP contribution in [0.1, 0.15) is 0 Å². The Balaban J connectivity index is 0.922. The molecule has 0 amide bonds. The molecule has 0 aliphatic carbocycles. The molecule has 0 spiro atoms. The highest BCUT2D eigenvalue weighted by Gasteiger charge is 2.14. The molecule has 0 N–H and O–H groups in total. The smallest absolute Gasteiger partial charge is 0.160 e. The zero-order chi connectivity index (χ0) is 38.4. The first-order chi connectivity index (χ1) is 28.7. The Labute approximate surface area is 334 Å². The molecule has 0 atom stereocenters. The van der Waals surface area contributed by atoms with Crippen molar-refractivity contribution in [3.05, 3.63) is 194 Å². The van der Waals surface area contributed by atoms with Crippen molar-refractivity contribution in [2.45, 2.75) is 0 Å². The number of benzene rings is 6. The summed E-state index contributed by atoms with van der Waals surface area (Å²) in [4.78, 5) is 29.6. The molecule has 0 fully saturated rings.